The Morgan fingerprint density at radius 1 is 1.20 bits per heavy atom. The number of amides is 2. The number of thioether (sulfide) groups is 1. The Kier molecular flexibility index (Phi) is 4.60. The van der Waals surface area contributed by atoms with E-state index < -0.39 is 27.5 Å². The summed E-state index contributed by atoms with van der Waals surface area (Å²) in [6.45, 7) is 0. The largest absolute Gasteiger partial charge is 0.501 e. The van der Waals surface area contributed by atoms with Gasteiger partial charge in [-0.2, -0.15) is 0 Å². The van der Waals surface area contributed by atoms with Crippen molar-refractivity contribution in [3.8, 4) is 5.75 Å². The molecule has 1 aliphatic rings. The van der Waals surface area contributed by atoms with Gasteiger partial charge in [0.2, 0.25) is 5.75 Å². The van der Waals surface area contributed by atoms with Gasteiger partial charge in [-0.1, -0.05) is 18.2 Å². The third-order valence-electron chi connectivity index (χ3n) is 3.37. The number of halogens is 1. The van der Waals surface area contributed by atoms with Crippen molar-refractivity contribution in [2.75, 3.05) is 4.90 Å². The second-order valence-electron chi connectivity index (χ2n) is 4.98. The van der Waals surface area contributed by atoms with Crippen LogP contribution in [0.1, 0.15) is 5.56 Å². The van der Waals surface area contributed by atoms with E-state index >= 15 is 0 Å². The standard InChI is InChI=1S/C16H9BrN2O5S/c17-11-6-9(7-12(14(11)20)19(23)24)8-13-15(21)18(16(22)25-13)10-4-2-1-3-5-10/h1-8,20H. The van der Waals surface area contributed by atoms with Crippen LogP contribution in [0.3, 0.4) is 0 Å². The van der Waals surface area contributed by atoms with Gasteiger partial charge in [0.15, 0.2) is 0 Å². The van der Waals surface area contributed by atoms with Gasteiger partial charge >= 0.3 is 5.69 Å². The first-order valence-electron chi connectivity index (χ1n) is 6.88. The number of para-hydroxylation sites is 1. The van der Waals surface area contributed by atoms with Crippen molar-refractivity contribution in [1.29, 1.82) is 0 Å². The van der Waals surface area contributed by atoms with Gasteiger partial charge in [0, 0.05) is 6.07 Å². The molecule has 126 valence electrons. The highest BCUT2D eigenvalue weighted by molar-refractivity contribution is 9.10. The van der Waals surface area contributed by atoms with Gasteiger partial charge < -0.3 is 5.11 Å². The fraction of sp³-hybridized carbons (Fsp3) is 0. The molecule has 3 rings (SSSR count). The van der Waals surface area contributed by atoms with Gasteiger partial charge in [-0.3, -0.25) is 19.7 Å². The zero-order valence-electron chi connectivity index (χ0n) is 12.4. The van der Waals surface area contributed by atoms with Gasteiger partial charge in [0.05, 0.1) is 20.0 Å². The van der Waals surface area contributed by atoms with E-state index in [-0.39, 0.29) is 9.38 Å². The summed E-state index contributed by atoms with van der Waals surface area (Å²) in [6.07, 6.45) is 1.38. The maximum absolute atomic E-state index is 12.5. The summed E-state index contributed by atoms with van der Waals surface area (Å²) >= 11 is 3.78. The number of hydrogen-bond donors (Lipinski definition) is 1. The molecule has 1 saturated heterocycles. The number of nitrogens with zero attached hydrogens (tertiary/aromatic N) is 2. The molecule has 0 unspecified atom stereocenters. The monoisotopic (exact) mass is 420 g/mol. The lowest BCUT2D eigenvalue weighted by molar-refractivity contribution is -0.386. The van der Waals surface area contributed by atoms with E-state index in [1.165, 1.54) is 12.1 Å². The van der Waals surface area contributed by atoms with Crippen molar-refractivity contribution >= 4 is 56.3 Å². The smallest absolute Gasteiger partial charge is 0.312 e. The van der Waals surface area contributed by atoms with Crippen molar-refractivity contribution in [3.63, 3.8) is 0 Å². The van der Waals surface area contributed by atoms with Gasteiger partial charge in [-0.25, -0.2) is 4.90 Å². The number of phenolic OH excluding ortho intramolecular Hbond substituents is 1. The van der Waals surface area contributed by atoms with Crippen LogP contribution in [0.2, 0.25) is 0 Å². The fourth-order valence-electron chi connectivity index (χ4n) is 2.25. The second-order valence-corrected chi connectivity index (χ2v) is 6.83. The van der Waals surface area contributed by atoms with Crippen LogP contribution in [0.4, 0.5) is 16.2 Å². The fourth-order valence-corrected chi connectivity index (χ4v) is 3.55. The van der Waals surface area contributed by atoms with Crippen molar-refractivity contribution in [2.45, 2.75) is 0 Å². The number of carbonyl (C=O) groups excluding carboxylic acids is 2. The summed E-state index contributed by atoms with van der Waals surface area (Å²) in [4.78, 5) is 36.1. The first-order chi connectivity index (χ1) is 11.9. The average molecular weight is 421 g/mol. The number of rotatable bonds is 3. The molecule has 1 aliphatic heterocycles. The molecule has 0 saturated carbocycles. The first kappa shape index (κ1) is 17.2. The summed E-state index contributed by atoms with van der Waals surface area (Å²) in [5.74, 6) is -1.01. The molecule has 7 nitrogen and oxygen atoms in total. The molecule has 0 atom stereocenters. The number of hydrogen-bond acceptors (Lipinski definition) is 6. The Bertz CT molecular complexity index is 930. The predicted octanol–water partition coefficient (Wildman–Crippen LogP) is 4.30. The first-order valence-corrected chi connectivity index (χ1v) is 8.49. The number of aromatic hydroxyl groups is 1. The van der Waals surface area contributed by atoms with Gasteiger partial charge in [-0.05, 0) is 57.5 Å². The maximum Gasteiger partial charge on any atom is 0.312 e. The Morgan fingerprint density at radius 2 is 1.88 bits per heavy atom. The minimum Gasteiger partial charge on any atom is -0.501 e. The molecule has 0 radical (unpaired) electrons. The number of carbonyl (C=O) groups is 2. The molecule has 2 aromatic rings. The minimum atomic E-state index is -0.729. The normalized spacial score (nSPS) is 15.9. The third kappa shape index (κ3) is 3.28. The predicted molar refractivity (Wildman–Crippen MR) is 97.4 cm³/mol. The number of nitro benzene ring substituents is 1. The molecule has 9 heteroatoms. The Labute approximate surface area is 154 Å². The van der Waals surface area contributed by atoms with E-state index in [9.17, 15) is 24.8 Å². The maximum atomic E-state index is 12.5. The molecular formula is C16H9BrN2O5S. The lowest BCUT2D eigenvalue weighted by atomic mass is 10.1. The van der Waals surface area contributed by atoms with E-state index in [1.54, 1.807) is 30.3 Å². The average Bonchev–Trinajstić information content (AvgIpc) is 2.85. The van der Waals surface area contributed by atoms with Crippen LogP contribution in [-0.4, -0.2) is 21.2 Å². The molecule has 2 aromatic carbocycles. The Morgan fingerprint density at radius 3 is 2.52 bits per heavy atom. The van der Waals surface area contributed by atoms with E-state index in [0.717, 1.165) is 22.7 Å². The topological polar surface area (TPSA) is 101 Å². The van der Waals surface area contributed by atoms with Crippen molar-refractivity contribution in [3.05, 3.63) is 67.5 Å². The number of imide groups is 1. The van der Waals surface area contributed by atoms with E-state index in [2.05, 4.69) is 15.9 Å². The summed E-state index contributed by atoms with van der Waals surface area (Å²) in [6, 6.07) is 11.0. The second kappa shape index (κ2) is 6.69. The molecule has 0 bridgehead atoms. The van der Waals surface area contributed by atoms with Crippen LogP contribution in [0, 0.1) is 10.1 Å². The van der Waals surface area contributed by atoms with Crippen molar-refractivity contribution in [2.24, 2.45) is 0 Å². The third-order valence-corrected chi connectivity index (χ3v) is 4.84. The van der Waals surface area contributed by atoms with E-state index in [0.29, 0.717) is 11.3 Å². The highest BCUT2D eigenvalue weighted by Gasteiger charge is 2.36. The van der Waals surface area contributed by atoms with Crippen LogP contribution in [0.15, 0.2) is 51.8 Å². The molecular weight excluding hydrogens is 412 g/mol. The van der Waals surface area contributed by atoms with Crippen LogP contribution in [0.25, 0.3) is 6.08 Å². The minimum absolute atomic E-state index is 0.121. The molecule has 0 aliphatic carbocycles. The van der Waals surface area contributed by atoms with E-state index in [1.807, 2.05) is 0 Å². The molecule has 1 fully saturated rings. The Balaban J connectivity index is 1.99. The number of benzene rings is 2. The van der Waals surface area contributed by atoms with Crippen molar-refractivity contribution in [1.82, 2.24) is 0 Å². The summed E-state index contributed by atoms with van der Waals surface area (Å²) in [7, 11) is 0. The lowest BCUT2D eigenvalue weighted by Crippen LogP contribution is -2.27. The number of phenols is 1. The van der Waals surface area contributed by atoms with Gasteiger partial charge in [-0.15, -0.1) is 0 Å². The van der Waals surface area contributed by atoms with Crippen LogP contribution in [0.5, 0.6) is 5.75 Å². The molecule has 0 spiro atoms. The summed E-state index contributed by atoms with van der Waals surface area (Å²) in [5.41, 5.74) is 0.268. The molecule has 1 N–H and O–H groups in total. The summed E-state index contributed by atoms with van der Waals surface area (Å²) in [5, 5.41) is 20.2. The quantitative estimate of drug-likeness (QED) is 0.451. The molecule has 2 amide bonds. The Hall–Kier alpha value is -2.65. The van der Waals surface area contributed by atoms with Crippen LogP contribution >= 0.6 is 27.7 Å². The number of anilines is 1. The highest BCUT2D eigenvalue weighted by Crippen LogP contribution is 2.39. The van der Waals surface area contributed by atoms with Gasteiger partial charge in [0.25, 0.3) is 11.1 Å². The highest BCUT2D eigenvalue weighted by atomic mass is 79.9. The molecule has 0 aromatic heterocycles. The lowest BCUT2D eigenvalue weighted by Gasteiger charge is -2.11. The molecule has 1 heterocycles. The van der Waals surface area contributed by atoms with E-state index in [4.69, 9.17) is 0 Å². The zero-order valence-corrected chi connectivity index (χ0v) is 14.8. The SMILES string of the molecule is O=C1SC(=Cc2cc(Br)c(O)c([N+](=O)[O-])c2)C(=O)N1c1ccccc1. The van der Waals surface area contributed by atoms with Crippen molar-refractivity contribution < 1.29 is 19.6 Å². The van der Waals surface area contributed by atoms with Crippen LogP contribution < -0.4 is 4.90 Å². The molecule has 25 heavy (non-hydrogen) atoms. The summed E-state index contributed by atoms with van der Waals surface area (Å²) < 4.78 is 0.121. The van der Waals surface area contributed by atoms with Crippen LogP contribution in [-0.2, 0) is 4.79 Å². The van der Waals surface area contributed by atoms with Gasteiger partial charge in [0.1, 0.15) is 0 Å². The zero-order chi connectivity index (χ0) is 18.1. The number of nitro groups is 1.